The Hall–Kier alpha value is -1.84. The van der Waals surface area contributed by atoms with E-state index in [4.69, 9.17) is 23.6 Å². The summed E-state index contributed by atoms with van der Waals surface area (Å²) < 4.78 is 33.4. The molecule has 9 nitrogen and oxygen atoms in total. The Kier molecular flexibility index (Phi) is 43.3. The topological polar surface area (TPSA) is 132 Å². The van der Waals surface area contributed by atoms with Gasteiger partial charge in [-0.25, -0.2) is 4.57 Å². The number of hydrogen-bond donors (Lipinski definition) is 3. The molecular weight excluding hydrogens is 751 g/mol. The van der Waals surface area contributed by atoms with Gasteiger partial charge < -0.3 is 24.6 Å². The second-order valence-corrected chi connectivity index (χ2v) is 16.8. The normalized spacial score (nSPS) is 14.5. The lowest BCUT2D eigenvalue weighted by Gasteiger charge is -2.20. The van der Waals surface area contributed by atoms with Gasteiger partial charge in [-0.2, -0.15) is 0 Å². The van der Waals surface area contributed by atoms with Crippen molar-refractivity contribution in [1.29, 1.82) is 0 Å². The van der Waals surface area contributed by atoms with Gasteiger partial charge >= 0.3 is 13.8 Å². The zero-order valence-corrected chi connectivity index (χ0v) is 37.9. The van der Waals surface area contributed by atoms with Crippen molar-refractivity contribution >= 4 is 13.8 Å². The largest absolute Gasteiger partial charge is 0.472 e. The highest BCUT2D eigenvalue weighted by atomic mass is 31.2. The molecule has 3 unspecified atom stereocenters. The van der Waals surface area contributed by atoms with Crippen molar-refractivity contribution in [2.24, 2.45) is 0 Å². The summed E-state index contributed by atoms with van der Waals surface area (Å²) in [5.74, 6) is -0.392. The predicted octanol–water partition coefficient (Wildman–Crippen LogP) is 13.1. The lowest BCUT2D eigenvalue weighted by Crippen LogP contribution is -2.29. The number of carbonyl (C=O) groups is 1. The van der Waals surface area contributed by atoms with Gasteiger partial charge in [0, 0.05) is 13.0 Å². The number of ether oxygens (including phenoxy) is 2. The summed E-state index contributed by atoms with van der Waals surface area (Å²) in [6, 6.07) is 0. The lowest BCUT2D eigenvalue weighted by atomic mass is 10.1. The van der Waals surface area contributed by atoms with E-state index in [-0.39, 0.29) is 19.6 Å². The number of aliphatic hydroxyl groups excluding tert-OH is 2. The second kappa shape index (κ2) is 44.7. The number of esters is 1. The van der Waals surface area contributed by atoms with Crippen LogP contribution in [0, 0.1) is 0 Å². The van der Waals surface area contributed by atoms with Crippen LogP contribution in [0.25, 0.3) is 0 Å². The van der Waals surface area contributed by atoms with E-state index < -0.39 is 39.2 Å². The number of aliphatic hydroxyl groups is 2. The summed E-state index contributed by atoms with van der Waals surface area (Å²) >= 11 is 0. The molecule has 0 aromatic carbocycles. The summed E-state index contributed by atoms with van der Waals surface area (Å²) in [4.78, 5) is 22.6. The predicted molar refractivity (Wildman–Crippen MR) is 242 cm³/mol. The molecule has 0 saturated heterocycles. The van der Waals surface area contributed by atoms with Crippen molar-refractivity contribution in [1.82, 2.24) is 0 Å². The van der Waals surface area contributed by atoms with Crippen molar-refractivity contribution in [3.05, 3.63) is 60.8 Å². The molecule has 0 aromatic heterocycles. The Morgan fingerprint density at radius 1 is 0.552 bits per heavy atom. The molecule has 3 atom stereocenters. The molecule has 0 fully saturated rings. The van der Waals surface area contributed by atoms with Gasteiger partial charge in [0.05, 0.1) is 26.4 Å². The van der Waals surface area contributed by atoms with Crippen LogP contribution in [0.3, 0.4) is 0 Å². The summed E-state index contributed by atoms with van der Waals surface area (Å²) in [5.41, 5.74) is 0. The molecule has 0 rings (SSSR count). The molecule has 0 heterocycles. The van der Waals surface area contributed by atoms with Crippen LogP contribution in [0.4, 0.5) is 0 Å². The van der Waals surface area contributed by atoms with E-state index >= 15 is 0 Å². The van der Waals surface area contributed by atoms with Crippen molar-refractivity contribution in [3.63, 3.8) is 0 Å². The molecule has 10 heteroatoms. The first-order valence-corrected chi connectivity index (χ1v) is 24.8. The van der Waals surface area contributed by atoms with Crippen LogP contribution in [0.1, 0.15) is 194 Å². The number of rotatable bonds is 44. The lowest BCUT2D eigenvalue weighted by molar-refractivity contribution is -0.154. The van der Waals surface area contributed by atoms with E-state index in [0.717, 1.165) is 83.5 Å². The van der Waals surface area contributed by atoms with E-state index in [1.807, 2.05) is 0 Å². The van der Waals surface area contributed by atoms with E-state index in [9.17, 15) is 19.4 Å². The van der Waals surface area contributed by atoms with Gasteiger partial charge in [0.2, 0.25) is 0 Å². The number of hydrogen-bond acceptors (Lipinski definition) is 8. The third kappa shape index (κ3) is 43.7. The molecule has 0 saturated carbocycles. The number of phosphoric ester groups is 1. The highest BCUT2D eigenvalue weighted by Crippen LogP contribution is 2.43. The van der Waals surface area contributed by atoms with Crippen molar-refractivity contribution in [3.8, 4) is 0 Å². The molecule has 0 spiro atoms. The van der Waals surface area contributed by atoms with E-state index in [1.165, 1.54) is 89.9 Å². The van der Waals surface area contributed by atoms with Crippen molar-refractivity contribution < 1.29 is 43.0 Å². The fourth-order valence-electron chi connectivity index (χ4n) is 6.16. The molecule has 0 aromatic rings. The monoisotopic (exact) mass is 839 g/mol. The molecule has 0 amide bonds. The average molecular weight is 839 g/mol. The van der Waals surface area contributed by atoms with Crippen LogP contribution in [-0.4, -0.2) is 66.3 Å². The minimum absolute atomic E-state index is 0.0382. The average Bonchev–Trinajstić information content (AvgIpc) is 3.21. The minimum Gasteiger partial charge on any atom is -0.457 e. The third-order valence-electron chi connectivity index (χ3n) is 9.69. The van der Waals surface area contributed by atoms with Crippen molar-refractivity contribution in [2.75, 3.05) is 33.0 Å². The van der Waals surface area contributed by atoms with Crippen LogP contribution in [0.15, 0.2) is 60.8 Å². The summed E-state index contributed by atoms with van der Waals surface area (Å²) in [5, 5.41) is 18.4. The molecule has 0 aliphatic carbocycles. The molecule has 0 radical (unpaired) electrons. The first-order valence-electron chi connectivity index (χ1n) is 23.3. The van der Waals surface area contributed by atoms with Gasteiger partial charge in [0.1, 0.15) is 12.2 Å². The highest BCUT2D eigenvalue weighted by Gasteiger charge is 2.26. The van der Waals surface area contributed by atoms with Gasteiger partial charge in [-0.3, -0.25) is 13.8 Å². The Morgan fingerprint density at radius 2 is 0.983 bits per heavy atom. The van der Waals surface area contributed by atoms with Crippen LogP contribution in [0.5, 0.6) is 0 Å². The summed E-state index contributed by atoms with van der Waals surface area (Å²) in [6.07, 6.45) is 51.7. The Balaban J connectivity index is 4.16. The van der Waals surface area contributed by atoms with Gasteiger partial charge in [0.15, 0.2) is 0 Å². The maximum atomic E-state index is 12.6. The molecule has 58 heavy (non-hydrogen) atoms. The quantitative estimate of drug-likeness (QED) is 0.0237. The zero-order chi connectivity index (χ0) is 42.5. The van der Waals surface area contributed by atoms with E-state index in [2.05, 4.69) is 74.6 Å². The fraction of sp³-hybridized carbons (Fsp3) is 0.771. The Labute approximate surface area is 355 Å². The summed E-state index contributed by atoms with van der Waals surface area (Å²) in [7, 11) is -4.53. The molecule has 0 bridgehead atoms. The molecule has 0 aliphatic rings. The van der Waals surface area contributed by atoms with Gasteiger partial charge in [-0.05, 0) is 77.0 Å². The molecular formula is C48H87O9P. The first kappa shape index (κ1) is 56.2. The fourth-order valence-corrected chi connectivity index (χ4v) is 6.95. The van der Waals surface area contributed by atoms with Crippen LogP contribution in [0.2, 0.25) is 0 Å². The van der Waals surface area contributed by atoms with E-state index in [0.29, 0.717) is 6.61 Å². The number of phosphoric acid groups is 1. The van der Waals surface area contributed by atoms with Crippen LogP contribution < -0.4 is 0 Å². The van der Waals surface area contributed by atoms with Gasteiger partial charge in [0.25, 0.3) is 0 Å². The highest BCUT2D eigenvalue weighted by molar-refractivity contribution is 7.47. The van der Waals surface area contributed by atoms with Gasteiger partial charge in [-0.1, -0.05) is 171 Å². The Morgan fingerprint density at radius 3 is 1.50 bits per heavy atom. The summed E-state index contributed by atoms with van der Waals surface area (Å²) in [6.45, 7) is 3.38. The number of allylic oxidation sites excluding steroid dienone is 10. The number of carbonyl (C=O) groups excluding carboxylic acids is 1. The number of unbranched alkanes of at least 4 members (excludes halogenated alkanes) is 20. The van der Waals surface area contributed by atoms with Crippen molar-refractivity contribution in [2.45, 2.75) is 206 Å². The van der Waals surface area contributed by atoms with E-state index in [1.54, 1.807) is 0 Å². The first-order chi connectivity index (χ1) is 28.3. The third-order valence-corrected chi connectivity index (χ3v) is 10.6. The van der Waals surface area contributed by atoms with Gasteiger partial charge in [-0.15, -0.1) is 0 Å². The smallest absolute Gasteiger partial charge is 0.457 e. The molecule has 3 N–H and O–H groups in total. The molecule has 338 valence electrons. The SMILES string of the molecule is CC/C=C\C/C=C\C/C=C\C/C=C\CCCCCCCCCOCC(COP(=O)(O)OCC(O)CO)OC(=O)CCCCCCCCC/C=C\CCCCCCCC. The molecule has 0 aliphatic heterocycles. The minimum atomic E-state index is -4.53. The zero-order valence-electron chi connectivity index (χ0n) is 37.0. The van der Waals surface area contributed by atoms with Crippen LogP contribution >= 0.6 is 7.82 Å². The second-order valence-electron chi connectivity index (χ2n) is 15.4. The Bertz CT molecular complexity index is 1090. The standard InChI is InChI=1S/C48H87O9P/c1-3-5-7-9-11-13-15-17-19-21-22-23-25-27-29-31-33-35-37-39-41-54-44-47(45-56-58(52,53)55-43-46(50)42-49)57-48(51)40-38-36-34-32-30-28-26-24-20-18-16-14-12-10-8-6-4-2/h5,7,11,13,17-20,22-23,46-47,49-50H,3-4,6,8-10,12,14-16,21,24-45H2,1-2H3,(H,52,53)/b7-5-,13-11-,19-17-,20-18-,23-22-. The maximum Gasteiger partial charge on any atom is 0.472 e. The van der Waals surface area contributed by atoms with Crippen LogP contribution in [-0.2, 0) is 27.9 Å². The maximum absolute atomic E-state index is 12.6.